The highest BCUT2D eigenvalue weighted by Gasteiger charge is 2.31. The fourth-order valence-electron chi connectivity index (χ4n) is 2.03. The number of amides is 1. The van der Waals surface area contributed by atoms with Crippen molar-refractivity contribution in [1.82, 2.24) is 4.90 Å². The molecule has 0 saturated heterocycles. The molecule has 0 aliphatic carbocycles. The fraction of sp³-hybridized carbons (Fsp3) is 0.800. The average molecular weight is 301 g/mol. The maximum absolute atomic E-state index is 12.5. The number of methoxy groups -OCH3 is 1. The molecule has 0 bridgehead atoms. The van der Waals surface area contributed by atoms with Crippen molar-refractivity contribution in [2.24, 2.45) is 17.8 Å². The lowest BCUT2D eigenvalue weighted by atomic mass is 9.93. The summed E-state index contributed by atoms with van der Waals surface area (Å²) in [5.74, 6) is -3.02. The number of carbonyl (C=O) groups is 3. The van der Waals surface area contributed by atoms with Gasteiger partial charge in [0.15, 0.2) is 0 Å². The second-order valence-electron chi connectivity index (χ2n) is 5.39. The maximum Gasteiger partial charge on any atom is 0.325 e. The molecule has 0 rings (SSSR count). The molecule has 0 aliphatic rings. The smallest absolute Gasteiger partial charge is 0.325 e. The second kappa shape index (κ2) is 9.37. The first kappa shape index (κ1) is 19.4. The van der Waals surface area contributed by atoms with Gasteiger partial charge < -0.3 is 14.7 Å². The first-order valence-corrected chi connectivity index (χ1v) is 7.36. The van der Waals surface area contributed by atoms with E-state index >= 15 is 0 Å². The third-order valence-corrected chi connectivity index (χ3v) is 4.02. The molecule has 0 radical (unpaired) electrons. The summed E-state index contributed by atoms with van der Waals surface area (Å²) < 4.78 is 4.62. The Hall–Kier alpha value is -1.59. The molecule has 1 N–H and O–H groups in total. The zero-order valence-corrected chi connectivity index (χ0v) is 13.6. The van der Waals surface area contributed by atoms with Crippen molar-refractivity contribution in [2.45, 2.75) is 40.5 Å². The molecule has 1 amide bonds. The number of aliphatic carboxylic acids is 1. The number of rotatable bonds is 9. The van der Waals surface area contributed by atoms with E-state index < -0.39 is 23.8 Å². The third-order valence-electron chi connectivity index (χ3n) is 4.02. The summed E-state index contributed by atoms with van der Waals surface area (Å²) in [5.41, 5.74) is 0. The fourth-order valence-corrected chi connectivity index (χ4v) is 2.03. The number of nitrogens with zero attached hydrogens (tertiary/aromatic N) is 1. The van der Waals surface area contributed by atoms with Gasteiger partial charge in [-0.2, -0.15) is 0 Å². The van der Waals surface area contributed by atoms with Crippen LogP contribution < -0.4 is 0 Å². The largest absolute Gasteiger partial charge is 0.481 e. The minimum Gasteiger partial charge on any atom is -0.481 e. The second-order valence-corrected chi connectivity index (χ2v) is 5.39. The highest BCUT2D eigenvalue weighted by molar-refractivity contribution is 5.87. The van der Waals surface area contributed by atoms with Crippen molar-refractivity contribution in [3.05, 3.63) is 0 Å². The standard InChI is InChI=1S/C15H27NO5/c1-6-12(7-2)8-16(9-13(17)21-5)14(18)10(3)11(4)15(19)20/h10-12H,6-9H2,1-5H3,(H,19,20). The number of hydrogen-bond acceptors (Lipinski definition) is 4. The van der Waals surface area contributed by atoms with E-state index in [1.165, 1.54) is 18.9 Å². The van der Waals surface area contributed by atoms with Gasteiger partial charge >= 0.3 is 11.9 Å². The third kappa shape index (κ3) is 6.14. The molecule has 2 unspecified atom stereocenters. The van der Waals surface area contributed by atoms with E-state index in [-0.39, 0.29) is 18.4 Å². The van der Waals surface area contributed by atoms with E-state index in [9.17, 15) is 14.4 Å². The van der Waals surface area contributed by atoms with E-state index in [2.05, 4.69) is 4.74 Å². The highest BCUT2D eigenvalue weighted by Crippen LogP contribution is 2.17. The first-order chi connectivity index (χ1) is 9.78. The van der Waals surface area contributed by atoms with Gasteiger partial charge in [0.2, 0.25) is 5.91 Å². The van der Waals surface area contributed by atoms with Crippen molar-refractivity contribution in [1.29, 1.82) is 0 Å². The van der Waals surface area contributed by atoms with Gasteiger partial charge in [0.1, 0.15) is 6.54 Å². The van der Waals surface area contributed by atoms with Gasteiger partial charge in [0, 0.05) is 12.5 Å². The number of hydrogen-bond donors (Lipinski definition) is 1. The Balaban J connectivity index is 5.04. The lowest BCUT2D eigenvalue weighted by molar-refractivity contribution is -0.152. The number of ether oxygens (including phenoxy) is 1. The van der Waals surface area contributed by atoms with E-state index in [1.807, 2.05) is 13.8 Å². The average Bonchev–Trinajstić information content (AvgIpc) is 2.48. The predicted octanol–water partition coefficient (Wildman–Crippen LogP) is 1.78. The van der Waals surface area contributed by atoms with Crippen LogP contribution in [0.5, 0.6) is 0 Å². The SMILES string of the molecule is CCC(CC)CN(CC(=O)OC)C(=O)C(C)C(C)C(=O)O. The van der Waals surface area contributed by atoms with E-state index in [0.717, 1.165) is 12.8 Å². The van der Waals surface area contributed by atoms with Gasteiger partial charge in [-0.3, -0.25) is 14.4 Å². The first-order valence-electron chi connectivity index (χ1n) is 7.36. The van der Waals surface area contributed by atoms with Crippen LogP contribution in [0.4, 0.5) is 0 Å². The van der Waals surface area contributed by atoms with Crippen LogP contribution in [-0.4, -0.2) is 48.1 Å². The monoisotopic (exact) mass is 301 g/mol. The zero-order chi connectivity index (χ0) is 16.6. The van der Waals surface area contributed by atoms with Crippen molar-refractivity contribution in [3.8, 4) is 0 Å². The van der Waals surface area contributed by atoms with Crippen LogP contribution in [0.15, 0.2) is 0 Å². The molecule has 0 heterocycles. The Morgan fingerprint density at radius 2 is 1.62 bits per heavy atom. The van der Waals surface area contributed by atoms with Crippen molar-refractivity contribution >= 4 is 17.8 Å². The molecule has 0 saturated carbocycles. The predicted molar refractivity (Wildman–Crippen MR) is 78.6 cm³/mol. The van der Waals surface area contributed by atoms with Gasteiger partial charge in [-0.1, -0.05) is 40.5 Å². The minimum absolute atomic E-state index is 0.136. The van der Waals surface area contributed by atoms with Crippen LogP contribution in [0.3, 0.4) is 0 Å². The number of carboxylic acids is 1. The number of carboxylic acid groups (broad SMARTS) is 1. The lowest BCUT2D eigenvalue weighted by Gasteiger charge is -2.29. The summed E-state index contributed by atoms with van der Waals surface area (Å²) in [6.07, 6.45) is 1.79. The van der Waals surface area contributed by atoms with Crippen LogP contribution in [0.2, 0.25) is 0 Å². The summed E-state index contributed by atoms with van der Waals surface area (Å²) in [5, 5.41) is 9.02. The summed E-state index contributed by atoms with van der Waals surface area (Å²) in [6, 6.07) is 0. The summed E-state index contributed by atoms with van der Waals surface area (Å²) in [6.45, 7) is 7.44. The Labute approximate surface area is 126 Å². The molecule has 0 aromatic rings. The molecule has 0 fully saturated rings. The van der Waals surface area contributed by atoms with Crippen LogP contribution >= 0.6 is 0 Å². The van der Waals surface area contributed by atoms with Crippen LogP contribution in [-0.2, 0) is 19.1 Å². The van der Waals surface area contributed by atoms with Crippen LogP contribution in [0.25, 0.3) is 0 Å². The Bertz CT molecular complexity index is 365. The maximum atomic E-state index is 12.5. The van der Waals surface area contributed by atoms with Crippen LogP contribution in [0.1, 0.15) is 40.5 Å². The Kier molecular flexibility index (Phi) is 8.66. The molecule has 6 nitrogen and oxygen atoms in total. The quantitative estimate of drug-likeness (QED) is 0.656. The van der Waals surface area contributed by atoms with Crippen molar-refractivity contribution in [2.75, 3.05) is 20.2 Å². The number of carbonyl (C=O) groups excluding carboxylic acids is 2. The van der Waals surface area contributed by atoms with E-state index in [1.54, 1.807) is 6.92 Å². The molecule has 0 spiro atoms. The molecule has 6 heteroatoms. The minimum atomic E-state index is -1.02. The molecule has 0 aromatic heterocycles. The van der Waals surface area contributed by atoms with E-state index in [4.69, 9.17) is 5.11 Å². The lowest BCUT2D eigenvalue weighted by Crippen LogP contribution is -2.44. The number of esters is 1. The van der Waals surface area contributed by atoms with Crippen molar-refractivity contribution < 1.29 is 24.2 Å². The van der Waals surface area contributed by atoms with Gasteiger partial charge in [-0.25, -0.2) is 0 Å². The summed E-state index contributed by atoms with van der Waals surface area (Å²) in [4.78, 5) is 36.4. The molecule has 122 valence electrons. The molecular formula is C15H27NO5. The molecule has 21 heavy (non-hydrogen) atoms. The van der Waals surface area contributed by atoms with Gasteiger partial charge in [0.25, 0.3) is 0 Å². The molecule has 2 atom stereocenters. The summed E-state index contributed by atoms with van der Waals surface area (Å²) in [7, 11) is 1.27. The van der Waals surface area contributed by atoms with Crippen LogP contribution in [0, 0.1) is 17.8 Å². The molecular weight excluding hydrogens is 274 g/mol. The molecule has 0 aromatic carbocycles. The zero-order valence-electron chi connectivity index (χ0n) is 13.6. The van der Waals surface area contributed by atoms with E-state index in [0.29, 0.717) is 6.54 Å². The molecule has 0 aliphatic heterocycles. The summed E-state index contributed by atoms with van der Waals surface area (Å²) >= 11 is 0. The van der Waals surface area contributed by atoms with Gasteiger partial charge in [-0.05, 0) is 5.92 Å². The highest BCUT2D eigenvalue weighted by atomic mass is 16.5. The topological polar surface area (TPSA) is 83.9 Å². The normalized spacial score (nSPS) is 13.6. The van der Waals surface area contributed by atoms with Crippen molar-refractivity contribution in [3.63, 3.8) is 0 Å². The van der Waals surface area contributed by atoms with Gasteiger partial charge in [0.05, 0.1) is 13.0 Å². The Morgan fingerprint density at radius 1 is 1.10 bits per heavy atom. The van der Waals surface area contributed by atoms with Gasteiger partial charge in [-0.15, -0.1) is 0 Å². The Morgan fingerprint density at radius 3 is 2.00 bits per heavy atom.